The molecule has 0 saturated heterocycles. The number of nitrogens with zero attached hydrogens (tertiary/aromatic N) is 1. The number of cyclic esters (lactones) is 1. The van der Waals surface area contributed by atoms with E-state index in [1.54, 1.807) is 30.3 Å². The second-order valence-corrected chi connectivity index (χ2v) is 5.37. The minimum absolute atomic E-state index is 0.228. The van der Waals surface area contributed by atoms with Gasteiger partial charge in [0.05, 0.1) is 0 Å². The molecule has 0 bridgehead atoms. The van der Waals surface area contributed by atoms with Gasteiger partial charge in [-0.2, -0.15) is 0 Å². The highest BCUT2D eigenvalue weighted by molar-refractivity contribution is 6.12. The minimum Gasteiger partial charge on any atom is -0.427 e. The van der Waals surface area contributed by atoms with Gasteiger partial charge in [-0.15, -0.1) is 0 Å². The first-order chi connectivity index (χ1) is 11.5. The zero-order valence-corrected chi connectivity index (χ0v) is 13.3. The van der Waals surface area contributed by atoms with Crippen molar-refractivity contribution >= 4 is 23.9 Å². The van der Waals surface area contributed by atoms with E-state index in [-0.39, 0.29) is 11.7 Å². The van der Waals surface area contributed by atoms with Crippen LogP contribution in [-0.4, -0.2) is 17.8 Å². The summed E-state index contributed by atoms with van der Waals surface area (Å²) >= 11 is 0. The average molecular weight is 321 g/mol. The van der Waals surface area contributed by atoms with Crippen molar-refractivity contribution in [2.45, 2.75) is 13.8 Å². The minimum atomic E-state index is -0.490. The number of ether oxygens (including phenoxy) is 2. The van der Waals surface area contributed by atoms with Crippen LogP contribution in [0, 0.1) is 6.92 Å². The Morgan fingerprint density at radius 1 is 1.17 bits per heavy atom. The lowest BCUT2D eigenvalue weighted by Crippen LogP contribution is -2.05. The fourth-order valence-electron chi connectivity index (χ4n) is 2.27. The molecule has 120 valence electrons. The van der Waals surface area contributed by atoms with Crippen LogP contribution in [0.1, 0.15) is 23.6 Å². The van der Waals surface area contributed by atoms with Gasteiger partial charge in [0.2, 0.25) is 5.90 Å². The number of rotatable bonds is 3. The lowest BCUT2D eigenvalue weighted by atomic mass is 10.1. The number of aliphatic imine (C=N–C) groups is 1. The van der Waals surface area contributed by atoms with E-state index in [0.717, 1.165) is 16.7 Å². The van der Waals surface area contributed by atoms with Gasteiger partial charge in [-0.1, -0.05) is 29.8 Å². The summed E-state index contributed by atoms with van der Waals surface area (Å²) in [6.07, 6.45) is 1.63. The van der Waals surface area contributed by atoms with Gasteiger partial charge >= 0.3 is 11.9 Å². The molecule has 0 atom stereocenters. The molecule has 0 saturated carbocycles. The van der Waals surface area contributed by atoms with Crippen LogP contribution in [0.25, 0.3) is 6.08 Å². The molecule has 0 N–H and O–H groups in total. The summed E-state index contributed by atoms with van der Waals surface area (Å²) in [7, 11) is 0. The van der Waals surface area contributed by atoms with Gasteiger partial charge in [0.25, 0.3) is 0 Å². The smallest absolute Gasteiger partial charge is 0.363 e. The molecular formula is C19H15NO4. The van der Waals surface area contributed by atoms with Crippen molar-refractivity contribution in [3.8, 4) is 5.75 Å². The van der Waals surface area contributed by atoms with Crippen LogP contribution in [0.3, 0.4) is 0 Å². The van der Waals surface area contributed by atoms with E-state index in [9.17, 15) is 9.59 Å². The van der Waals surface area contributed by atoms with E-state index in [0.29, 0.717) is 11.6 Å². The Labute approximate surface area is 139 Å². The van der Waals surface area contributed by atoms with E-state index < -0.39 is 5.97 Å². The average Bonchev–Trinajstić information content (AvgIpc) is 2.90. The molecule has 2 aromatic carbocycles. The normalized spacial score (nSPS) is 15.2. The third kappa shape index (κ3) is 3.57. The predicted octanol–water partition coefficient (Wildman–Crippen LogP) is 3.26. The molecule has 0 amide bonds. The summed E-state index contributed by atoms with van der Waals surface area (Å²) in [4.78, 5) is 27.2. The number of hydrogen-bond donors (Lipinski definition) is 0. The molecule has 3 rings (SSSR count). The Hall–Kier alpha value is -3.21. The van der Waals surface area contributed by atoms with Crippen LogP contribution in [0.2, 0.25) is 0 Å². The second kappa shape index (κ2) is 6.50. The van der Waals surface area contributed by atoms with Crippen molar-refractivity contribution in [1.29, 1.82) is 0 Å². The maximum absolute atomic E-state index is 12.0. The summed E-state index contributed by atoms with van der Waals surface area (Å²) in [6.45, 7) is 3.30. The number of aryl methyl sites for hydroxylation is 1. The fourth-order valence-corrected chi connectivity index (χ4v) is 2.27. The molecule has 5 nitrogen and oxygen atoms in total. The lowest BCUT2D eigenvalue weighted by Gasteiger charge is -2.00. The Kier molecular flexibility index (Phi) is 4.24. The first-order valence-electron chi connectivity index (χ1n) is 7.39. The van der Waals surface area contributed by atoms with Gasteiger partial charge in [-0.25, -0.2) is 9.79 Å². The molecule has 5 heteroatoms. The quantitative estimate of drug-likeness (QED) is 0.494. The van der Waals surface area contributed by atoms with E-state index in [1.165, 1.54) is 6.92 Å². The predicted molar refractivity (Wildman–Crippen MR) is 89.5 cm³/mol. The lowest BCUT2D eigenvalue weighted by molar-refractivity contribution is -0.132. The number of hydrogen-bond acceptors (Lipinski definition) is 5. The summed E-state index contributed by atoms with van der Waals surface area (Å²) in [5.41, 5.74) is 2.81. The van der Waals surface area contributed by atoms with Crippen LogP contribution in [-0.2, 0) is 14.3 Å². The van der Waals surface area contributed by atoms with Gasteiger partial charge in [0, 0.05) is 12.5 Å². The third-order valence-electron chi connectivity index (χ3n) is 3.33. The van der Waals surface area contributed by atoms with E-state index >= 15 is 0 Å². The summed E-state index contributed by atoms with van der Waals surface area (Å²) in [5, 5.41) is 0. The third-order valence-corrected chi connectivity index (χ3v) is 3.33. The molecule has 0 aromatic heterocycles. The molecule has 0 unspecified atom stereocenters. The molecule has 1 aliphatic rings. The summed E-state index contributed by atoms with van der Waals surface area (Å²) in [5.74, 6) is -0.127. The Morgan fingerprint density at radius 3 is 2.58 bits per heavy atom. The highest BCUT2D eigenvalue weighted by Crippen LogP contribution is 2.21. The SMILES string of the molecule is CC(=O)Oc1ccc(/C=C2/N=C(c3cccc(C)c3)OC2=O)cc1. The largest absolute Gasteiger partial charge is 0.427 e. The number of carbonyl (C=O) groups excluding carboxylic acids is 2. The zero-order valence-electron chi connectivity index (χ0n) is 13.3. The first kappa shape index (κ1) is 15.7. The maximum atomic E-state index is 12.0. The summed E-state index contributed by atoms with van der Waals surface area (Å²) < 4.78 is 10.2. The fraction of sp³-hybridized carbons (Fsp3) is 0.105. The van der Waals surface area contributed by atoms with Crippen LogP contribution in [0.4, 0.5) is 0 Å². The van der Waals surface area contributed by atoms with Crippen LogP contribution in [0.15, 0.2) is 59.2 Å². The van der Waals surface area contributed by atoms with Gasteiger partial charge in [0.1, 0.15) is 5.75 Å². The van der Waals surface area contributed by atoms with Crippen molar-refractivity contribution in [2.24, 2.45) is 4.99 Å². The highest BCUT2D eigenvalue weighted by Gasteiger charge is 2.24. The van der Waals surface area contributed by atoms with E-state index in [4.69, 9.17) is 9.47 Å². The van der Waals surface area contributed by atoms with Crippen LogP contribution in [0.5, 0.6) is 5.75 Å². The van der Waals surface area contributed by atoms with Crippen LogP contribution < -0.4 is 4.74 Å². The van der Waals surface area contributed by atoms with Gasteiger partial charge in [-0.3, -0.25) is 4.79 Å². The molecule has 1 heterocycles. The van der Waals surface area contributed by atoms with Gasteiger partial charge < -0.3 is 9.47 Å². The monoisotopic (exact) mass is 321 g/mol. The van der Waals surface area contributed by atoms with Crippen molar-refractivity contribution in [3.05, 3.63) is 70.9 Å². The highest BCUT2D eigenvalue weighted by atomic mass is 16.6. The molecule has 0 aliphatic carbocycles. The van der Waals surface area contributed by atoms with Crippen molar-refractivity contribution in [2.75, 3.05) is 0 Å². The second-order valence-electron chi connectivity index (χ2n) is 5.37. The number of benzene rings is 2. The zero-order chi connectivity index (χ0) is 17.1. The Morgan fingerprint density at radius 2 is 1.92 bits per heavy atom. The van der Waals surface area contributed by atoms with Crippen molar-refractivity contribution in [3.63, 3.8) is 0 Å². The first-order valence-corrected chi connectivity index (χ1v) is 7.39. The standard InChI is InChI=1S/C19H15NO4/c1-12-4-3-5-15(10-12)18-20-17(19(22)24-18)11-14-6-8-16(9-7-14)23-13(2)21/h3-11H,1-2H3/b17-11+. The van der Waals surface area contributed by atoms with E-state index in [2.05, 4.69) is 4.99 Å². The van der Waals surface area contributed by atoms with Gasteiger partial charge in [0.15, 0.2) is 5.70 Å². The summed E-state index contributed by atoms with van der Waals surface area (Å²) in [6, 6.07) is 14.4. The maximum Gasteiger partial charge on any atom is 0.363 e. The molecule has 0 spiro atoms. The number of carbonyl (C=O) groups is 2. The molecule has 0 radical (unpaired) electrons. The van der Waals surface area contributed by atoms with Crippen LogP contribution >= 0.6 is 0 Å². The Balaban J connectivity index is 1.84. The molecule has 1 aliphatic heterocycles. The Bertz CT molecular complexity index is 863. The molecule has 2 aromatic rings. The van der Waals surface area contributed by atoms with Gasteiger partial charge in [-0.05, 0) is 42.8 Å². The van der Waals surface area contributed by atoms with Crippen molar-refractivity contribution in [1.82, 2.24) is 0 Å². The van der Waals surface area contributed by atoms with Crippen molar-refractivity contribution < 1.29 is 19.1 Å². The number of esters is 2. The molecular weight excluding hydrogens is 306 g/mol. The topological polar surface area (TPSA) is 65.0 Å². The van der Waals surface area contributed by atoms with E-state index in [1.807, 2.05) is 31.2 Å². The molecule has 24 heavy (non-hydrogen) atoms. The molecule has 0 fully saturated rings.